The molecule has 0 saturated heterocycles. The first-order valence-corrected chi connectivity index (χ1v) is 15.6. The molecule has 4 heterocycles. The zero-order chi connectivity index (χ0) is 33.6. The fourth-order valence-corrected chi connectivity index (χ4v) is 5.99. The van der Waals surface area contributed by atoms with E-state index in [2.05, 4.69) is 15.3 Å². The highest BCUT2D eigenvalue weighted by molar-refractivity contribution is 6.04. The van der Waals surface area contributed by atoms with Gasteiger partial charge in [0, 0.05) is 45.9 Å². The van der Waals surface area contributed by atoms with Crippen molar-refractivity contribution in [2.24, 2.45) is 0 Å². The molecule has 10 nitrogen and oxygen atoms in total. The zero-order valence-electron chi connectivity index (χ0n) is 27.6. The number of carbonyl (C=O) groups excluding carboxylic acids is 2. The summed E-state index contributed by atoms with van der Waals surface area (Å²) < 4.78 is 29.2. The van der Waals surface area contributed by atoms with Gasteiger partial charge in [0.1, 0.15) is 11.9 Å². The van der Waals surface area contributed by atoms with Gasteiger partial charge in [-0.05, 0) is 91.1 Å². The van der Waals surface area contributed by atoms with E-state index in [1.165, 1.54) is 17.5 Å². The van der Waals surface area contributed by atoms with Gasteiger partial charge in [-0.3, -0.25) is 9.59 Å². The Hall–Kier alpha value is -5.03. The number of aryl methyl sites for hydroxylation is 2. The molecule has 47 heavy (non-hydrogen) atoms. The van der Waals surface area contributed by atoms with E-state index in [1.807, 2.05) is 52.8 Å². The second-order valence-corrected chi connectivity index (χ2v) is 12.8. The number of nitrogens with zero attached hydrogens (tertiary/aromatic N) is 5. The Labute approximate surface area is 272 Å². The number of hydrogen-bond donors (Lipinski definition) is 1. The Morgan fingerprint density at radius 2 is 1.87 bits per heavy atom. The summed E-state index contributed by atoms with van der Waals surface area (Å²) in [5, 5.41) is 7.63. The van der Waals surface area contributed by atoms with Gasteiger partial charge in [0.05, 0.1) is 23.6 Å². The molecule has 1 aliphatic heterocycles. The molecule has 0 aliphatic carbocycles. The molecular formula is C36H37FN6O4. The van der Waals surface area contributed by atoms with Crippen LogP contribution in [-0.2, 0) is 16.0 Å². The normalized spacial score (nSPS) is 13.6. The number of aromatic nitrogens is 5. The van der Waals surface area contributed by atoms with Crippen LogP contribution in [0.4, 0.5) is 10.1 Å². The zero-order valence-corrected chi connectivity index (χ0v) is 27.6. The lowest BCUT2D eigenvalue weighted by atomic mass is 9.90. The number of carbonyl (C=O) groups is 2. The van der Waals surface area contributed by atoms with E-state index in [1.54, 1.807) is 31.3 Å². The van der Waals surface area contributed by atoms with Gasteiger partial charge >= 0.3 is 0 Å². The van der Waals surface area contributed by atoms with E-state index in [9.17, 15) is 9.59 Å². The largest absolute Gasteiger partial charge is 0.490 e. The number of benzene rings is 2. The average molecular weight is 637 g/mol. The maximum absolute atomic E-state index is 15.7. The summed E-state index contributed by atoms with van der Waals surface area (Å²) in [6, 6.07) is 12.1. The maximum Gasteiger partial charge on any atom is 0.276 e. The van der Waals surface area contributed by atoms with E-state index >= 15 is 4.39 Å². The summed E-state index contributed by atoms with van der Waals surface area (Å²) in [7, 11) is 0. The van der Waals surface area contributed by atoms with Gasteiger partial charge in [-0.1, -0.05) is 12.1 Å². The number of Topliss-reactive ketones (excluding diaryl/α,β-unsaturated/α-hetero) is 1. The summed E-state index contributed by atoms with van der Waals surface area (Å²) in [5.41, 5.74) is 5.34. The van der Waals surface area contributed by atoms with Gasteiger partial charge in [0.2, 0.25) is 0 Å². The molecule has 1 atom stereocenters. The standard InChI is InChI=1S/C36H37FN6O4/c1-19-25-12-9-15-46-34(25)27(37)17-26(19)32-31(33(21(3)44)47-36(5,6)7)20(2)39-30-18-29(42-43(30)32)35(45)41-24-11-8-10-23(16-24)28-13-14-38-22(4)40-28/h8,10-11,13-14,16-18,33H,9,12,15H2,1-7H3,(H,41,45)/t33-/m1/s1. The van der Waals surface area contributed by atoms with Gasteiger partial charge < -0.3 is 14.8 Å². The van der Waals surface area contributed by atoms with E-state index in [4.69, 9.17) is 19.6 Å². The first kappa shape index (κ1) is 31.9. The lowest BCUT2D eigenvalue weighted by Gasteiger charge is -2.29. The average Bonchev–Trinajstić information content (AvgIpc) is 3.45. The summed E-state index contributed by atoms with van der Waals surface area (Å²) in [6.07, 6.45) is 2.06. The molecule has 5 aromatic rings. The predicted octanol–water partition coefficient (Wildman–Crippen LogP) is 6.94. The number of rotatable bonds is 7. The number of ether oxygens (including phenoxy) is 2. The molecule has 242 valence electrons. The van der Waals surface area contributed by atoms with Crippen LogP contribution >= 0.6 is 0 Å². The topological polar surface area (TPSA) is 121 Å². The molecule has 3 aromatic heterocycles. The Bertz CT molecular complexity index is 2050. The number of anilines is 1. The molecule has 0 saturated carbocycles. The molecule has 0 radical (unpaired) electrons. The Kier molecular flexibility index (Phi) is 8.35. The highest BCUT2D eigenvalue weighted by Gasteiger charge is 2.33. The molecular weight excluding hydrogens is 599 g/mol. The highest BCUT2D eigenvalue weighted by Crippen LogP contribution is 2.41. The molecule has 0 fully saturated rings. The van der Waals surface area contributed by atoms with E-state index in [0.29, 0.717) is 52.7 Å². The summed E-state index contributed by atoms with van der Waals surface area (Å²) in [4.78, 5) is 40.2. The fourth-order valence-electron chi connectivity index (χ4n) is 5.99. The Morgan fingerprint density at radius 1 is 1.09 bits per heavy atom. The molecule has 0 bridgehead atoms. The van der Waals surface area contributed by atoms with E-state index in [0.717, 1.165) is 28.8 Å². The van der Waals surface area contributed by atoms with Gasteiger partial charge in [0.25, 0.3) is 5.91 Å². The molecule has 2 aromatic carbocycles. The van der Waals surface area contributed by atoms with Crippen LogP contribution in [0.15, 0.2) is 48.7 Å². The van der Waals surface area contributed by atoms with Crippen LogP contribution in [0, 0.1) is 26.6 Å². The van der Waals surface area contributed by atoms with Gasteiger partial charge in [-0.25, -0.2) is 23.9 Å². The van der Waals surface area contributed by atoms with Crippen molar-refractivity contribution in [1.29, 1.82) is 0 Å². The van der Waals surface area contributed by atoms with E-state index < -0.39 is 23.4 Å². The molecule has 0 unspecified atom stereocenters. The number of fused-ring (bicyclic) bond motifs is 2. The molecule has 1 aliphatic rings. The van der Waals surface area contributed by atoms with Crippen LogP contribution in [0.3, 0.4) is 0 Å². The quantitative estimate of drug-likeness (QED) is 0.204. The van der Waals surface area contributed by atoms with Crippen molar-refractivity contribution >= 4 is 23.0 Å². The van der Waals surface area contributed by atoms with Crippen molar-refractivity contribution in [3.05, 3.63) is 88.4 Å². The maximum atomic E-state index is 15.7. The van der Waals surface area contributed by atoms with Crippen molar-refractivity contribution in [3.8, 4) is 28.3 Å². The third-order valence-corrected chi connectivity index (χ3v) is 8.05. The third-order valence-electron chi connectivity index (χ3n) is 8.05. The minimum Gasteiger partial charge on any atom is -0.490 e. The monoisotopic (exact) mass is 636 g/mol. The van der Waals surface area contributed by atoms with E-state index in [-0.39, 0.29) is 17.2 Å². The van der Waals surface area contributed by atoms with Crippen LogP contribution in [-0.4, -0.2) is 48.5 Å². The molecule has 0 spiro atoms. The highest BCUT2D eigenvalue weighted by atomic mass is 19.1. The summed E-state index contributed by atoms with van der Waals surface area (Å²) >= 11 is 0. The van der Waals surface area contributed by atoms with Crippen molar-refractivity contribution in [3.63, 3.8) is 0 Å². The number of ketones is 1. The number of hydrogen-bond acceptors (Lipinski definition) is 8. The first-order valence-electron chi connectivity index (χ1n) is 15.6. The van der Waals surface area contributed by atoms with Gasteiger partial charge in [-0.15, -0.1) is 0 Å². The van der Waals surface area contributed by atoms with Crippen molar-refractivity contribution < 1.29 is 23.5 Å². The lowest BCUT2D eigenvalue weighted by Crippen LogP contribution is -2.28. The lowest BCUT2D eigenvalue weighted by molar-refractivity contribution is -0.138. The van der Waals surface area contributed by atoms with Crippen LogP contribution in [0.2, 0.25) is 0 Å². The fraction of sp³-hybridized carbons (Fsp3) is 0.333. The molecule has 1 amide bonds. The van der Waals surface area contributed by atoms with Gasteiger partial charge in [-0.2, -0.15) is 5.10 Å². The Morgan fingerprint density at radius 3 is 2.60 bits per heavy atom. The first-order chi connectivity index (χ1) is 22.3. The number of halogens is 1. The second-order valence-electron chi connectivity index (χ2n) is 12.8. The van der Waals surface area contributed by atoms with Crippen LogP contribution < -0.4 is 10.1 Å². The second kappa shape index (κ2) is 12.3. The smallest absolute Gasteiger partial charge is 0.276 e. The minimum atomic E-state index is -1.02. The Balaban J connectivity index is 1.50. The van der Waals surface area contributed by atoms with Crippen molar-refractivity contribution in [2.45, 2.75) is 73.0 Å². The van der Waals surface area contributed by atoms with Crippen LogP contribution in [0.25, 0.3) is 28.2 Å². The molecule has 11 heteroatoms. The SMILES string of the molecule is CC(=O)[C@@H](OC(C)(C)C)c1c(C)nc2cc(C(=O)Nc3cccc(-c4ccnc(C)n4)c3)nn2c1-c1cc(F)c2c(c1C)CCCO2. The molecule has 1 N–H and O–H groups in total. The van der Waals surface area contributed by atoms with Crippen molar-refractivity contribution in [1.82, 2.24) is 24.6 Å². The number of amides is 1. The predicted molar refractivity (Wildman–Crippen MR) is 176 cm³/mol. The minimum absolute atomic E-state index is 0.0918. The van der Waals surface area contributed by atoms with Gasteiger partial charge in [0.15, 0.2) is 28.7 Å². The van der Waals surface area contributed by atoms with Crippen LogP contribution in [0.1, 0.15) is 78.9 Å². The van der Waals surface area contributed by atoms with Crippen LogP contribution in [0.5, 0.6) is 5.75 Å². The summed E-state index contributed by atoms with van der Waals surface area (Å²) in [6.45, 7) is 13.0. The molecule has 6 rings (SSSR count). The number of nitrogens with one attached hydrogen (secondary N) is 1. The van der Waals surface area contributed by atoms with Crippen molar-refractivity contribution in [2.75, 3.05) is 11.9 Å². The summed E-state index contributed by atoms with van der Waals surface area (Å²) in [5.74, 6) is -0.328. The third kappa shape index (κ3) is 6.35.